The molecule has 3 heterocycles. The molecule has 6 nitrogen and oxygen atoms in total. The number of hydrogen-bond acceptors (Lipinski definition) is 5. The fourth-order valence-electron chi connectivity index (χ4n) is 12.5. The smallest absolute Gasteiger partial charge is 0.192 e. The largest absolute Gasteiger partial charge is 0.333 e. The average Bonchev–Trinajstić information content (AvgIpc) is 1.40. The van der Waals surface area contributed by atoms with Crippen LogP contribution in [0.4, 0.5) is 34.1 Å². The fourth-order valence-corrected chi connectivity index (χ4v) is 12.5. The molecule has 0 atom stereocenters. The molecule has 0 spiro atoms. The van der Waals surface area contributed by atoms with Crippen molar-refractivity contribution >= 4 is 92.0 Å². The Hall–Kier alpha value is -9.48. The zero-order valence-electron chi connectivity index (χ0n) is 53.8. The van der Waals surface area contributed by atoms with E-state index in [0.29, 0.717) is 0 Å². The third-order valence-electron chi connectivity index (χ3n) is 16.5. The van der Waals surface area contributed by atoms with Gasteiger partial charge in [-0.3, -0.25) is 10.1 Å². The molecule has 15 rings (SSSR count). The molecule has 3 aromatic heterocycles. The summed E-state index contributed by atoms with van der Waals surface area (Å²) >= 11 is 0. The van der Waals surface area contributed by atoms with Crippen molar-refractivity contribution in [3.8, 4) is 33.6 Å². The van der Waals surface area contributed by atoms with Crippen LogP contribution in [-0.4, -0.2) is 14.4 Å². The van der Waals surface area contributed by atoms with Gasteiger partial charge < -0.3 is 19.2 Å². The summed E-state index contributed by atoms with van der Waals surface area (Å²) in [6.07, 6.45) is 4.88. The molecule has 0 aliphatic carbocycles. The molecular weight excluding hydrogens is 1510 g/mol. The molecule has 1 N–H and O–H groups in total. The van der Waals surface area contributed by atoms with Crippen LogP contribution in [0.15, 0.2) is 298 Å². The van der Waals surface area contributed by atoms with Crippen molar-refractivity contribution in [2.45, 2.75) is 48.0 Å². The Morgan fingerprint density at radius 2 is 0.957 bits per heavy atom. The van der Waals surface area contributed by atoms with E-state index in [-0.39, 0.29) is 45.6 Å². The van der Waals surface area contributed by atoms with Crippen molar-refractivity contribution in [3.63, 3.8) is 0 Å². The summed E-state index contributed by atoms with van der Waals surface area (Å²) in [5.74, 6) is 0. The molecule has 0 saturated carbocycles. The topological polar surface area (TPSA) is 60.5 Å². The maximum Gasteiger partial charge on any atom is 0.192 e. The van der Waals surface area contributed by atoms with E-state index in [1.807, 2.05) is 48.8 Å². The van der Waals surface area contributed by atoms with Gasteiger partial charge in [-0.05, 0) is 164 Å². The van der Waals surface area contributed by atoms with Crippen LogP contribution in [0, 0.1) is 43.5 Å². The third-order valence-corrected chi connectivity index (χ3v) is 16.5. The first-order chi connectivity index (χ1) is 45.0. The van der Waals surface area contributed by atoms with Crippen LogP contribution in [0.25, 0.3) is 82.5 Å². The number of hydrogen-bond donors (Lipinski definition) is 1. The Labute approximate surface area is 577 Å². The van der Waals surface area contributed by atoms with E-state index < -0.39 is 0 Å². The van der Waals surface area contributed by atoms with Crippen LogP contribution in [0.5, 0.6) is 0 Å². The van der Waals surface area contributed by atoms with Crippen LogP contribution < -0.4 is 9.80 Å². The van der Waals surface area contributed by atoms with E-state index in [1.54, 1.807) is 0 Å². The van der Waals surface area contributed by atoms with Gasteiger partial charge in [0.1, 0.15) is 0 Å². The Morgan fingerprint density at radius 3 is 1.49 bits per heavy atom. The van der Waals surface area contributed by atoms with Crippen LogP contribution in [0.1, 0.15) is 43.0 Å². The molecule has 0 fully saturated rings. The maximum atomic E-state index is 5.75. The van der Waals surface area contributed by atoms with Crippen molar-refractivity contribution < 1.29 is 41.6 Å². The normalized spacial score (nSPS) is 11.0. The molecule has 0 aliphatic heterocycles. The number of pyridine rings is 2. The van der Waals surface area contributed by atoms with Crippen LogP contribution in [0.2, 0.25) is 1.41 Å². The van der Waals surface area contributed by atoms with Crippen LogP contribution >= 0.6 is 9.03 Å². The number of aromatic nitrogens is 3. The second kappa shape index (κ2) is 30.3. The fraction of sp³-hybridized carbons (Fsp3) is 0.0952. The average molecular weight is 1580 g/mol. The van der Waals surface area contributed by atoms with Gasteiger partial charge in [0.25, 0.3) is 0 Å². The number of nitrogens with one attached hydrogen (secondary N) is 1. The molecule has 0 aliphatic rings. The summed E-state index contributed by atoms with van der Waals surface area (Å²) in [6.45, 7) is 13.3. The Bertz CT molecular complexity index is 4830. The summed E-state index contributed by atoms with van der Waals surface area (Å²) in [6, 6.07) is 107. The molecular formula is C84H71Ir2N6P-2. The molecule has 0 saturated heterocycles. The molecule has 0 amide bonds. The number of imidazole rings is 1. The number of fused-ring (bicyclic) bond motifs is 8. The Balaban J connectivity index is 0.000000171. The summed E-state index contributed by atoms with van der Waals surface area (Å²) in [4.78, 5) is 13.9. The Morgan fingerprint density at radius 1 is 0.473 bits per heavy atom. The standard InChI is InChI=1S/C44H32N2.C28H27N2.C12H10N.2Ir.H2NP/c1-3-17-37(18-4-1)45(43-23-11-15-35-13-7-9-21-41(35)43)39-29-25-33(26-30-39)34-27-31-40(32-28-34)46(38-19-5-2-6-20-38)44-24-12-16-36-14-8-10-22-42(36)44;1-18-9-8-10-19(2)26(18)25-17-29-27-22-12-7-6-11-21(22)23-15-20(16-28(3,4)5)13-14-24(23)30(25)27;1-10-6-5-9-13-12(10)11-7-3-2-4-8-11;;;1-2/h1-32H;6-11,13-15,17H,16H2,1-5H3;2-7,9H,1H3;;;1-2H/q;2*-1;;;/i/hD. The molecule has 0 unspecified atom stereocenters. The zero-order valence-corrected chi connectivity index (χ0v) is 58.6. The molecule has 0 bridgehead atoms. The Kier molecular flexibility index (Phi) is 21.2. The van der Waals surface area contributed by atoms with Crippen molar-refractivity contribution in [1.82, 2.24) is 14.4 Å². The first kappa shape index (κ1) is 65.0. The number of aryl methyl sites for hydroxylation is 3. The minimum absolute atomic E-state index is 0. The van der Waals surface area contributed by atoms with Gasteiger partial charge in [0.05, 0.1) is 22.7 Å². The predicted octanol–water partition coefficient (Wildman–Crippen LogP) is 23.7. The number of nitrogens with zero attached hydrogens (tertiary/aromatic N) is 5. The van der Waals surface area contributed by atoms with E-state index in [9.17, 15) is 0 Å². The van der Waals surface area contributed by atoms with Gasteiger partial charge in [0.15, 0.2) is 1.41 Å². The number of rotatable bonds is 10. The van der Waals surface area contributed by atoms with Gasteiger partial charge in [0, 0.05) is 97.2 Å². The summed E-state index contributed by atoms with van der Waals surface area (Å²) in [7, 11) is 2.48. The maximum absolute atomic E-state index is 5.75. The molecule has 12 aromatic carbocycles. The number of anilines is 6. The van der Waals surface area contributed by atoms with E-state index in [1.165, 1.54) is 76.8 Å². The number of para-hydroxylation sites is 2. The van der Waals surface area contributed by atoms with Gasteiger partial charge in [-0.1, -0.05) is 202 Å². The van der Waals surface area contributed by atoms with Gasteiger partial charge >= 0.3 is 0 Å². The molecule has 15 aromatic rings. The van der Waals surface area contributed by atoms with Crippen molar-refractivity contribution in [2.75, 3.05) is 9.80 Å². The van der Waals surface area contributed by atoms with Gasteiger partial charge in [-0.15, -0.1) is 65.5 Å². The van der Waals surface area contributed by atoms with E-state index in [2.05, 4.69) is 336 Å². The van der Waals surface area contributed by atoms with Crippen molar-refractivity contribution in [2.24, 2.45) is 5.41 Å². The van der Waals surface area contributed by atoms with E-state index in [4.69, 9.17) is 6.40 Å². The predicted molar refractivity (Wildman–Crippen MR) is 388 cm³/mol. The molecule has 462 valence electrons. The SMILES string of the molecule is Cc1cccc(C)c1-c1cnc2c3[c-]cccc3c3cc(CC(C)(C)C)ccc3n12.Cc1cccnc1-c1[c-]cccc1.[2H]N=P.[Ir].[Ir].c1ccc(N(c2ccc(-c3ccc(N(c4ccccc4)c4cccc5ccccc45)cc3)cc2)c2cccc3ccccc23)cc1. The zero-order chi connectivity index (χ0) is 63.6. The first-order valence-corrected chi connectivity index (χ1v) is 31.3. The van der Waals surface area contributed by atoms with E-state index >= 15 is 0 Å². The van der Waals surface area contributed by atoms with Gasteiger partial charge in [0.2, 0.25) is 0 Å². The molecule has 9 heteroatoms. The minimum Gasteiger partial charge on any atom is -0.333 e. The van der Waals surface area contributed by atoms with Crippen molar-refractivity contribution in [1.29, 1.82) is 5.15 Å². The molecule has 2 radical (unpaired) electrons. The monoisotopic (exact) mass is 1580 g/mol. The van der Waals surface area contributed by atoms with Crippen molar-refractivity contribution in [3.05, 3.63) is 332 Å². The quantitative estimate of drug-likeness (QED) is 0.0842. The van der Waals surface area contributed by atoms with Gasteiger partial charge in [-0.25, -0.2) is 0 Å². The summed E-state index contributed by atoms with van der Waals surface area (Å²) < 4.78 is 8.07. The second-order valence-electron chi connectivity index (χ2n) is 24.0. The van der Waals surface area contributed by atoms with Crippen LogP contribution in [-0.2, 0) is 46.6 Å². The summed E-state index contributed by atoms with van der Waals surface area (Å²) in [5, 5.41) is 11.0. The first-order valence-electron chi connectivity index (χ1n) is 31.3. The number of benzene rings is 12. The van der Waals surface area contributed by atoms with Crippen LogP contribution in [0.3, 0.4) is 0 Å². The molecule has 93 heavy (non-hydrogen) atoms. The second-order valence-corrected chi connectivity index (χ2v) is 24.0. The third kappa shape index (κ3) is 14.6. The summed E-state index contributed by atoms with van der Waals surface area (Å²) in [5.41, 5.74) is 21.2. The minimum atomic E-state index is 0. The van der Waals surface area contributed by atoms with E-state index in [0.717, 1.165) is 68.5 Å². The van der Waals surface area contributed by atoms with Gasteiger partial charge in [-0.2, -0.15) is 0 Å².